The van der Waals surface area contributed by atoms with Crippen LogP contribution in [0.3, 0.4) is 0 Å². The maximum atomic E-state index is 15.2. The molecule has 3 aromatic heterocycles. The van der Waals surface area contributed by atoms with Crippen LogP contribution in [0, 0.1) is 23.5 Å². The average Bonchev–Trinajstić information content (AvgIpc) is 3.55. The second kappa shape index (κ2) is 8.30. The summed E-state index contributed by atoms with van der Waals surface area (Å²) in [5, 5.41) is 4.92. The van der Waals surface area contributed by atoms with E-state index in [0.29, 0.717) is 30.5 Å². The van der Waals surface area contributed by atoms with Crippen LogP contribution in [-0.2, 0) is 4.79 Å². The second-order valence-corrected chi connectivity index (χ2v) is 8.66. The first kappa shape index (κ1) is 22.0. The van der Waals surface area contributed by atoms with E-state index in [9.17, 15) is 9.18 Å². The molecular formula is C24H20F2N8O2. The van der Waals surface area contributed by atoms with E-state index in [4.69, 9.17) is 10.2 Å². The van der Waals surface area contributed by atoms with Gasteiger partial charge in [0.05, 0.1) is 17.0 Å². The lowest BCUT2D eigenvalue weighted by Gasteiger charge is -2.28. The minimum atomic E-state index is -0.907. The Morgan fingerprint density at radius 3 is 2.83 bits per heavy atom. The summed E-state index contributed by atoms with van der Waals surface area (Å²) < 4.78 is 37.2. The molecule has 1 amide bonds. The molecule has 0 radical (unpaired) electrons. The maximum Gasteiger partial charge on any atom is 0.298 e. The summed E-state index contributed by atoms with van der Waals surface area (Å²) >= 11 is 0. The number of nitrogens with two attached hydrogens (primary N) is 1. The summed E-state index contributed by atoms with van der Waals surface area (Å²) in [4.78, 5) is 28.0. The van der Waals surface area contributed by atoms with Crippen molar-refractivity contribution in [3.05, 3.63) is 47.9 Å². The fourth-order valence-corrected chi connectivity index (χ4v) is 4.47. The Kier molecular flexibility index (Phi) is 5.06. The fourth-order valence-electron chi connectivity index (χ4n) is 4.47. The molecule has 0 spiro atoms. The SMILES string of the molecule is C=CC(=O)N1CCC(n2nc(C#Cc3c(F)cc4oc(N5CCC5)nc4c3F)c3c(N)ncnc32)C1. The summed E-state index contributed by atoms with van der Waals surface area (Å²) in [6, 6.07) is 1.16. The van der Waals surface area contributed by atoms with Crippen LogP contribution in [0.1, 0.15) is 30.1 Å². The zero-order valence-corrected chi connectivity index (χ0v) is 19.0. The minimum Gasteiger partial charge on any atom is -0.423 e. The lowest BCUT2D eigenvalue weighted by molar-refractivity contribution is -0.125. The number of halogens is 2. The molecule has 1 atom stereocenters. The van der Waals surface area contributed by atoms with Gasteiger partial charge in [-0.2, -0.15) is 10.1 Å². The van der Waals surface area contributed by atoms with Crippen molar-refractivity contribution in [2.75, 3.05) is 36.8 Å². The summed E-state index contributed by atoms with van der Waals surface area (Å²) in [6.07, 6.45) is 4.20. The van der Waals surface area contributed by atoms with Crippen molar-refractivity contribution in [1.82, 2.24) is 29.6 Å². The van der Waals surface area contributed by atoms with E-state index in [1.54, 1.807) is 9.58 Å². The van der Waals surface area contributed by atoms with E-state index in [1.165, 1.54) is 12.4 Å². The van der Waals surface area contributed by atoms with Gasteiger partial charge in [-0.3, -0.25) is 4.79 Å². The van der Waals surface area contributed by atoms with E-state index >= 15 is 4.39 Å². The van der Waals surface area contributed by atoms with Gasteiger partial charge in [0.2, 0.25) is 5.91 Å². The number of rotatable bonds is 3. The first-order chi connectivity index (χ1) is 17.4. The van der Waals surface area contributed by atoms with Crippen LogP contribution in [0.15, 0.2) is 29.5 Å². The number of nitrogen functional groups attached to an aromatic ring is 1. The van der Waals surface area contributed by atoms with Crippen molar-refractivity contribution < 1.29 is 18.0 Å². The van der Waals surface area contributed by atoms with Crippen LogP contribution in [0.2, 0.25) is 0 Å². The molecule has 1 unspecified atom stereocenters. The molecule has 12 heteroatoms. The van der Waals surface area contributed by atoms with Gasteiger partial charge < -0.3 is 20.0 Å². The first-order valence-electron chi connectivity index (χ1n) is 11.4. The van der Waals surface area contributed by atoms with Gasteiger partial charge in [-0.05, 0) is 24.8 Å². The zero-order chi connectivity index (χ0) is 25.0. The number of fused-ring (bicyclic) bond motifs is 2. The number of carbonyl (C=O) groups is 1. The van der Waals surface area contributed by atoms with Crippen LogP contribution in [0.25, 0.3) is 22.1 Å². The largest absolute Gasteiger partial charge is 0.423 e. The van der Waals surface area contributed by atoms with Crippen LogP contribution in [0.5, 0.6) is 0 Å². The molecule has 4 aromatic rings. The highest BCUT2D eigenvalue weighted by molar-refractivity contribution is 5.91. The fraction of sp³-hybridized carbons (Fsp3) is 0.292. The molecule has 2 N–H and O–H groups in total. The van der Waals surface area contributed by atoms with Gasteiger partial charge in [-0.15, -0.1) is 0 Å². The monoisotopic (exact) mass is 490 g/mol. The van der Waals surface area contributed by atoms with E-state index < -0.39 is 17.2 Å². The number of aromatic nitrogens is 5. The van der Waals surface area contributed by atoms with Crippen molar-refractivity contribution in [2.24, 2.45) is 0 Å². The second-order valence-electron chi connectivity index (χ2n) is 8.66. The number of nitrogens with zero attached hydrogens (tertiary/aromatic N) is 7. The van der Waals surface area contributed by atoms with Gasteiger partial charge in [0.15, 0.2) is 17.0 Å². The summed E-state index contributed by atoms with van der Waals surface area (Å²) in [5.74, 6) is 3.49. The number of amides is 1. The molecule has 2 fully saturated rings. The van der Waals surface area contributed by atoms with Gasteiger partial charge in [-0.1, -0.05) is 12.5 Å². The number of carbonyl (C=O) groups excluding carboxylic acids is 1. The van der Waals surface area contributed by atoms with Gasteiger partial charge in [0.25, 0.3) is 6.01 Å². The predicted molar refractivity (Wildman–Crippen MR) is 127 cm³/mol. The Hall–Kier alpha value is -4.53. The molecule has 6 rings (SSSR count). The van der Waals surface area contributed by atoms with Gasteiger partial charge >= 0.3 is 0 Å². The van der Waals surface area contributed by atoms with Crippen molar-refractivity contribution in [1.29, 1.82) is 0 Å². The quantitative estimate of drug-likeness (QED) is 0.344. The third-order valence-electron chi connectivity index (χ3n) is 6.51. The van der Waals surface area contributed by atoms with E-state index in [0.717, 1.165) is 25.6 Å². The summed E-state index contributed by atoms with van der Waals surface area (Å²) in [7, 11) is 0. The molecule has 10 nitrogen and oxygen atoms in total. The summed E-state index contributed by atoms with van der Waals surface area (Å²) in [5.41, 5.74) is 6.18. The highest BCUT2D eigenvalue weighted by Crippen LogP contribution is 2.31. The lowest BCUT2D eigenvalue weighted by atomic mass is 10.1. The molecule has 2 saturated heterocycles. The van der Waals surface area contributed by atoms with Crippen LogP contribution >= 0.6 is 0 Å². The van der Waals surface area contributed by atoms with Crippen molar-refractivity contribution in [3.8, 4) is 11.8 Å². The predicted octanol–water partition coefficient (Wildman–Crippen LogP) is 2.40. The third kappa shape index (κ3) is 3.43. The molecular weight excluding hydrogens is 470 g/mol. The Bertz CT molecular complexity index is 1610. The van der Waals surface area contributed by atoms with Crippen molar-refractivity contribution in [2.45, 2.75) is 18.9 Å². The molecule has 0 aliphatic carbocycles. The molecule has 1 aromatic carbocycles. The molecule has 0 bridgehead atoms. The van der Waals surface area contributed by atoms with Gasteiger partial charge in [0, 0.05) is 32.2 Å². The average molecular weight is 490 g/mol. The van der Waals surface area contributed by atoms with Crippen molar-refractivity contribution >= 4 is 39.9 Å². The number of hydrogen-bond donors (Lipinski definition) is 1. The number of benzene rings is 1. The number of hydrogen-bond acceptors (Lipinski definition) is 8. The zero-order valence-electron chi connectivity index (χ0n) is 19.0. The molecule has 182 valence electrons. The Balaban J connectivity index is 1.41. The van der Waals surface area contributed by atoms with Crippen molar-refractivity contribution in [3.63, 3.8) is 0 Å². The van der Waals surface area contributed by atoms with Crippen LogP contribution in [0.4, 0.5) is 20.6 Å². The van der Waals surface area contributed by atoms with Gasteiger partial charge in [-0.25, -0.2) is 23.4 Å². The Morgan fingerprint density at radius 2 is 2.08 bits per heavy atom. The molecule has 2 aliphatic rings. The Labute approximate surface area is 203 Å². The third-order valence-corrected chi connectivity index (χ3v) is 6.51. The molecule has 36 heavy (non-hydrogen) atoms. The minimum absolute atomic E-state index is 0.0182. The molecule has 2 aliphatic heterocycles. The number of likely N-dealkylation sites (tertiary alicyclic amines) is 1. The highest BCUT2D eigenvalue weighted by atomic mass is 19.1. The smallest absolute Gasteiger partial charge is 0.298 e. The topological polar surface area (TPSA) is 119 Å². The lowest BCUT2D eigenvalue weighted by Crippen LogP contribution is -2.37. The highest BCUT2D eigenvalue weighted by Gasteiger charge is 2.30. The Morgan fingerprint density at radius 1 is 1.25 bits per heavy atom. The first-order valence-corrected chi connectivity index (χ1v) is 11.4. The summed E-state index contributed by atoms with van der Waals surface area (Å²) in [6.45, 7) is 5.98. The normalized spacial score (nSPS) is 17.3. The molecule has 0 saturated carbocycles. The van der Waals surface area contributed by atoms with Crippen LogP contribution in [-0.4, -0.2) is 61.7 Å². The standard InChI is InChI=1S/C24H20F2N8O2/c1-2-18(35)33-9-6-13(11-33)34-23-19(22(27)28-12-29-23)16(31-34)5-4-14-15(25)10-17-21(20(14)26)30-24(36-17)32-7-3-8-32/h2,10,12-13H,1,3,6-9,11H2,(H2,27,28,29). The van der Waals surface area contributed by atoms with Crippen LogP contribution < -0.4 is 10.6 Å². The number of anilines is 2. The van der Waals surface area contributed by atoms with Gasteiger partial charge in [0.1, 0.15) is 29.2 Å². The number of oxazole rings is 1. The molecule has 5 heterocycles. The van der Waals surface area contributed by atoms with E-state index in [-0.39, 0.29) is 40.6 Å². The maximum absolute atomic E-state index is 15.2. The van der Waals surface area contributed by atoms with E-state index in [2.05, 4.69) is 38.5 Å². The van der Waals surface area contributed by atoms with E-state index in [1.807, 2.05) is 4.90 Å².